The minimum atomic E-state index is -0.588. The molecule has 4 N–H and O–H groups in total. The summed E-state index contributed by atoms with van der Waals surface area (Å²) in [6, 6.07) is -2.16. The lowest BCUT2D eigenvalue weighted by atomic mass is 10.0. The summed E-state index contributed by atoms with van der Waals surface area (Å²) in [5.41, 5.74) is 0. The minimum absolute atomic E-state index is 0.0324. The summed E-state index contributed by atoms with van der Waals surface area (Å²) in [7, 11) is 2.78. The fourth-order valence-corrected chi connectivity index (χ4v) is 5.03. The van der Waals surface area contributed by atoms with Crippen LogP contribution in [0.25, 0.3) is 0 Å². The Labute approximate surface area is 161 Å². The van der Waals surface area contributed by atoms with Crippen molar-refractivity contribution in [3.8, 4) is 0 Å². The van der Waals surface area contributed by atoms with E-state index in [1.807, 2.05) is 27.7 Å². The van der Waals surface area contributed by atoms with Crippen LogP contribution in [0.5, 0.6) is 0 Å². The fraction of sp³-hybridized carbons (Fsp3) is 0.750. The molecule has 0 aromatic heterocycles. The number of nitrogens with one attached hydrogen (secondary N) is 4. The lowest BCUT2D eigenvalue weighted by molar-refractivity contribution is -0.137. The van der Waals surface area contributed by atoms with E-state index in [4.69, 9.17) is 0 Å². The second-order valence-electron chi connectivity index (χ2n) is 7.15. The highest BCUT2D eigenvalue weighted by atomic mass is 33.1. The average Bonchev–Trinajstić information content (AvgIpc) is 2.56. The van der Waals surface area contributed by atoms with Crippen molar-refractivity contribution in [1.29, 1.82) is 0 Å². The van der Waals surface area contributed by atoms with Crippen LogP contribution in [0.15, 0.2) is 0 Å². The molecule has 0 spiro atoms. The number of carbonyl (C=O) groups excluding carboxylic acids is 4. The van der Waals surface area contributed by atoms with Crippen molar-refractivity contribution < 1.29 is 19.2 Å². The third-order valence-electron chi connectivity index (χ3n) is 4.31. The van der Waals surface area contributed by atoms with E-state index in [0.717, 1.165) is 0 Å². The van der Waals surface area contributed by atoms with Crippen LogP contribution >= 0.6 is 21.6 Å². The van der Waals surface area contributed by atoms with Gasteiger partial charge in [-0.25, -0.2) is 0 Å². The summed E-state index contributed by atoms with van der Waals surface area (Å²) in [5, 5.41) is 11.0. The van der Waals surface area contributed by atoms with E-state index in [1.54, 1.807) is 0 Å². The standard InChI is InChI=1S/C16H26N4O4S2/c1-7(2)11-15(23)17-9(13(21)19-11)5-25-26-6-10-14(22)20-12(8(3)4)16(24)18-10/h7-12H,5-6H2,1-4H3,(H,17,23)(H,18,24)(H,19,21)(H,20,22)/t9-,10-,11+,12+/m0/s1. The third-order valence-corrected chi connectivity index (χ3v) is 6.73. The summed E-state index contributed by atoms with van der Waals surface area (Å²) in [6.07, 6.45) is 0. The molecule has 2 aliphatic rings. The number of hydrogen-bond donors (Lipinski definition) is 4. The highest BCUT2D eigenvalue weighted by Gasteiger charge is 2.36. The number of carbonyl (C=O) groups is 4. The maximum absolute atomic E-state index is 12.1. The normalized spacial score (nSPS) is 29.3. The maximum Gasteiger partial charge on any atom is 0.244 e. The first-order valence-electron chi connectivity index (χ1n) is 8.66. The first-order chi connectivity index (χ1) is 12.2. The van der Waals surface area contributed by atoms with E-state index in [2.05, 4.69) is 21.3 Å². The molecule has 2 rings (SSSR count). The minimum Gasteiger partial charge on any atom is -0.342 e. The van der Waals surface area contributed by atoms with Gasteiger partial charge in [0.25, 0.3) is 0 Å². The highest BCUT2D eigenvalue weighted by Crippen LogP contribution is 2.24. The molecule has 2 fully saturated rings. The van der Waals surface area contributed by atoms with Crippen molar-refractivity contribution >= 4 is 45.2 Å². The predicted octanol–water partition coefficient (Wildman–Crippen LogP) is -0.354. The van der Waals surface area contributed by atoms with E-state index in [1.165, 1.54) is 21.6 Å². The smallest absolute Gasteiger partial charge is 0.244 e. The summed E-state index contributed by atoms with van der Waals surface area (Å²) >= 11 is 0. The van der Waals surface area contributed by atoms with E-state index < -0.39 is 24.2 Å². The molecule has 4 atom stereocenters. The maximum atomic E-state index is 12.1. The van der Waals surface area contributed by atoms with Gasteiger partial charge in [-0.1, -0.05) is 49.3 Å². The molecule has 26 heavy (non-hydrogen) atoms. The molecule has 0 aliphatic carbocycles. The van der Waals surface area contributed by atoms with Crippen LogP contribution in [0.3, 0.4) is 0 Å². The fourth-order valence-electron chi connectivity index (χ4n) is 2.70. The first-order valence-corrected chi connectivity index (χ1v) is 11.2. The zero-order valence-electron chi connectivity index (χ0n) is 15.3. The van der Waals surface area contributed by atoms with Crippen molar-refractivity contribution in [2.24, 2.45) is 11.8 Å². The predicted molar refractivity (Wildman–Crippen MR) is 102 cm³/mol. The second-order valence-corrected chi connectivity index (χ2v) is 9.70. The zero-order valence-corrected chi connectivity index (χ0v) is 17.0. The van der Waals surface area contributed by atoms with Gasteiger partial charge in [0.2, 0.25) is 23.6 Å². The summed E-state index contributed by atoms with van der Waals surface area (Å²) < 4.78 is 0. The molecule has 0 aromatic rings. The topological polar surface area (TPSA) is 116 Å². The Morgan fingerprint density at radius 1 is 0.654 bits per heavy atom. The van der Waals surface area contributed by atoms with Crippen LogP contribution in [0.4, 0.5) is 0 Å². The summed E-state index contributed by atoms with van der Waals surface area (Å²) in [6.45, 7) is 7.51. The molecule has 146 valence electrons. The van der Waals surface area contributed by atoms with Crippen molar-refractivity contribution in [2.75, 3.05) is 11.5 Å². The molecule has 0 aromatic carbocycles. The second kappa shape index (κ2) is 8.98. The van der Waals surface area contributed by atoms with Gasteiger partial charge in [-0.2, -0.15) is 0 Å². The lowest BCUT2D eigenvalue weighted by Gasteiger charge is -2.32. The molecular weight excluding hydrogens is 376 g/mol. The van der Waals surface area contributed by atoms with E-state index in [0.29, 0.717) is 11.5 Å². The molecular formula is C16H26N4O4S2. The Morgan fingerprint density at radius 2 is 1.00 bits per heavy atom. The van der Waals surface area contributed by atoms with Gasteiger partial charge in [0.1, 0.15) is 24.2 Å². The molecule has 0 unspecified atom stereocenters. The first kappa shape index (κ1) is 20.9. The van der Waals surface area contributed by atoms with Gasteiger partial charge in [0, 0.05) is 11.5 Å². The molecule has 2 heterocycles. The van der Waals surface area contributed by atoms with Gasteiger partial charge in [-0.05, 0) is 11.8 Å². The zero-order chi connectivity index (χ0) is 19.4. The van der Waals surface area contributed by atoms with Gasteiger partial charge < -0.3 is 21.3 Å². The molecule has 0 bridgehead atoms. The Hall–Kier alpha value is -1.42. The molecule has 4 amide bonds. The van der Waals surface area contributed by atoms with Gasteiger partial charge in [0.05, 0.1) is 0 Å². The van der Waals surface area contributed by atoms with Gasteiger partial charge in [-0.3, -0.25) is 19.2 Å². The molecule has 2 saturated heterocycles. The van der Waals surface area contributed by atoms with Gasteiger partial charge in [0.15, 0.2) is 0 Å². The van der Waals surface area contributed by atoms with Crippen molar-refractivity contribution in [3.63, 3.8) is 0 Å². The van der Waals surface area contributed by atoms with Gasteiger partial charge in [-0.15, -0.1) is 0 Å². The van der Waals surface area contributed by atoms with Crippen LogP contribution in [-0.4, -0.2) is 59.3 Å². The van der Waals surface area contributed by atoms with Crippen LogP contribution in [0.2, 0.25) is 0 Å². The Kier molecular flexibility index (Phi) is 7.22. The highest BCUT2D eigenvalue weighted by molar-refractivity contribution is 8.76. The molecule has 10 heteroatoms. The Morgan fingerprint density at radius 3 is 1.31 bits per heavy atom. The largest absolute Gasteiger partial charge is 0.342 e. The van der Waals surface area contributed by atoms with E-state index >= 15 is 0 Å². The molecule has 0 saturated carbocycles. The Bertz CT molecular complexity index is 535. The summed E-state index contributed by atoms with van der Waals surface area (Å²) in [5.74, 6) is 0.117. The average molecular weight is 403 g/mol. The number of amides is 4. The van der Waals surface area contributed by atoms with Crippen molar-refractivity contribution in [3.05, 3.63) is 0 Å². The number of hydrogen-bond acceptors (Lipinski definition) is 6. The van der Waals surface area contributed by atoms with Crippen LogP contribution in [0, 0.1) is 11.8 Å². The molecule has 8 nitrogen and oxygen atoms in total. The van der Waals surface area contributed by atoms with Crippen LogP contribution < -0.4 is 21.3 Å². The van der Waals surface area contributed by atoms with Gasteiger partial charge >= 0.3 is 0 Å². The molecule has 2 aliphatic heterocycles. The van der Waals surface area contributed by atoms with E-state index in [9.17, 15) is 19.2 Å². The SMILES string of the molecule is CC(C)[C@H]1NC(=O)[C@H](CSSC[C@@H]2NC(=O)[C@@H](C(C)C)NC2=O)NC1=O. The molecule has 0 radical (unpaired) electrons. The summed E-state index contributed by atoms with van der Waals surface area (Å²) in [4.78, 5) is 48.1. The third kappa shape index (κ3) is 5.06. The Balaban J connectivity index is 1.74. The van der Waals surface area contributed by atoms with Crippen molar-refractivity contribution in [1.82, 2.24) is 21.3 Å². The van der Waals surface area contributed by atoms with Crippen molar-refractivity contribution in [2.45, 2.75) is 51.9 Å². The van der Waals surface area contributed by atoms with Crippen LogP contribution in [0.1, 0.15) is 27.7 Å². The monoisotopic (exact) mass is 402 g/mol. The number of rotatable bonds is 7. The quantitative estimate of drug-likeness (QED) is 0.342. The lowest BCUT2D eigenvalue weighted by Crippen LogP contribution is -2.64. The van der Waals surface area contributed by atoms with E-state index in [-0.39, 0.29) is 35.5 Å². The number of piperazine rings is 2. The van der Waals surface area contributed by atoms with Crippen LogP contribution in [-0.2, 0) is 19.2 Å².